The summed E-state index contributed by atoms with van der Waals surface area (Å²) in [5, 5.41) is 88.5. The van der Waals surface area contributed by atoms with E-state index in [2.05, 4.69) is 31.9 Å². The van der Waals surface area contributed by atoms with E-state index >= 15 is 0 Å². The molecule has 17 N–H and O–H groups in total. The number of carbonyl (C=O) groups is 7. The van der Waals surface area contributed by atoms with Crippen LogP contribution in [-0.2, 0) is 28.7 Å². The average molecular weight is 1410 g/mol. The third-order valence-corrected chi connectivity index (χ3v) is 21.2. The number of ketones is 1. The van der Waals surface area contributed by atoms with Crippen LogP contribution in [0, 0.1) is 5.92 Å². The third kappa shape index (κ3) is 32.7. The van der Waals surface area contributed by atoms with Gasteiger partial charge in [0, 0.05) is 129 Å². The number of nitrogens with one attached hydrogen (secondary N) is 6. The second-order valence-electron chi connectivity index (χ2n) is 22.1. The van der Waals surface area contributed by atoms with E-state index in [9.17, 15) is 69.3 Å². The molecule has 3 aliphatic rings. The van der Waals surface area contributed by atoms with Gasteiger partial charge >= 0.3 is 0 Å². The van der Waals surface area contributed by atoms with Crippen molar-refractivity contribution in [1.82, 2.24) is 31.5 Å². The quantitative estimate of drug-likeness (QED) is 0.0127. The lowest BCUT2D eigenvalue weighted by Crippen LogP contribution is -2.61. The second kappa shape index (κ2) is 49.2. The van der Waals surface area contributed by atoms with Crippen LogP contribution in [0.4, 0.5) is 17.1 Å². The van der Waals surface area contributed by atoms with Crippen LogP contribution >= 0.6 is 43.2 Å². The van der Waals surface area contributed by atoms with Crippen molar-refractivity contribution in [3.8, 4) is 0 Å². The van der Waals surface area contributed by atoms with Gasteiger partial charge in [0.25, 0.3) is 11.8 Å². The van der Waals surface area contributed by atoms with Crippen molar-refractivity contribution in [1.29, 1.82) is 0 Å². The molecule has 3 heterocycles. The highest BCUT2D eigenvalue weighted by atomic mass is 33.1. The van der Waals surface area contributed by atoms with Gasteiger partial charge < -0.3 is 93.5 Å². The third-order valence-electron chi connectivity index (χ3n) is 15.2. The lowest BCUT2D eigenvalue weighted by Gasteiger charge is -2.42. The number of hydrogen-bond acceptors (Lipinski definition) is 23. The van der Waals surface area contributed by atoms with Crippen LogP contribution in [0.1, 0.15) is 144 Å². The van der Waals surface area contributed by atoms with Gasteiger partial charge in [0.05, 0.1) is 38.5 Å². The van der Waals surface area contributed by atoms with Gasteiger partial charge in [-0.1, -0.05) is 91.6 Å². The number of nitrogens with zero attached hydrogens (tertiary/aromatic N) is 1. The van der Waals surface area contributed by atoms with Crippen LogP contribution in [0.3, 0.4) is 0 Å². The lowest BCUT2D eigenvalue weighted by molar-refractivity contribution is -0.323. The number of benzene rings is 3. The normalized spacial score (nSPS) is 19.8. The minimum atomic E-state index is -1.73. The molecule has 95 heavy (non-hydrogen) atoms. The molecular weight excluding hydrogens is 1300 g/mol. The Hall–Kier alpha value is -5.35. The highest BCUT2D eigenvalue weighted by Crippen LogP contribution is 2.41. The fraction of sp³-hybridized carbons (Fsp3) is 0.615. The minimum absolute atomic E-state index is 0. The van der Waals surface area contributed by atoms with Crippen LogP contribution in [-0.4, -0.2) is 227 Å². The van der Waals surface area contributed by atoms with Gasteiger partial charge in [-0.05, 0) is 118 Å². The zero-order valence-electron chi connectivity index (χ0n) is 53.4. The fourth-order valence-corrected chi connectivity index (χ4v) is 15.7. The van der Waals surface area contributed by atoms with Crippen molar-refractivity contribution in [2.75, 3.05) is 93.9 Å². The lowest BCUT2D eigenvalue weighted by atomic mass is 9.93. The Bertz CT molecular complexity index is 2610. The van der Waals surface area contributed by atoms with E-state index in [-0.39, 0.29) is 117 Å². The number of unbranched alkanes of at least 4 members (excludes halogenated alkanes) is 2. The van der Waals surface area contributed by atoms with E-state index in [0.29, 0.717) is 70.1 Å². The summed E-state index contributed by atoms with van der Waals surface area (Å²) in [4.78, 5) is 88.5. The number of ether oxygens (including phenoxy) is 2. The van der Waals surface area contributed by atoms with Crippen molar-refractivity contribution in [3.05, 3.63) is 89.5 Å². The molecule has 6 amide bonds. The fourth-order valence-electron chi connectivity index (χ4n) is 9.64. The molecule has 6 rings (SSSR count). The second-order valence-corrected chi connectivity index (χ2v) is 27.7. The van der Waals surface area contributed by atoms with Crippen LogP contribution in [0.15, 0.2) is 72.8 Å². The van der Waals surface area contributed by atoms with Crippen LogP contribution in [0.2, 0.25) is 0 Å². The summed E-state index contributed by atoms with van der Waals surface area (Å²) in [5.41, 5.74) is 14.5. The molecule has 30 heteroatoms. The first kappa shape index (κ1) is 87.7. The SMILES string of the molecule is C.C.CC.CC(C(O)CNc1ccc(C(=O)NCCNC(=O)CNC(=O)CCCCC2CCSS2)cc1)C(OC1OC(CO)C(O)C(O)C1O)C(O)CO.Nc1ccc(C(=O)CCCN(CCNC(=O)c2ccc(N)cc2)C(=O)CNC(=O)CCCCC2CCSS2)cc1.[B]. The topological polar surface area (TPSA) is 407 Å². The van der Waals surface area contributed by atoms with E-state index in [1.807, 2.05) is 57.0 Å². The van der Waals surface area contributed by atoms with Crippen molar-refractivity contribution < 1.29 is 78.8 Å². The van der Waals surface area contributed by atoms with E-state index < -0.39 is 68.1 Å². The Morgan fingerprint density at radius 1 is 0.611 bits per heavy atom. The first-order chi connectivity index (χ1) is 44.3. The molecule has 11 unspecified atom stereocenters. The van der Waals surface area contributed by atoms with Gasteiger partial charge in [-0.3, -0.25) is 33.6 Å². The molecule has 3 aromatic rings. The molecule has 0 aromatic heterocycles. The highest BCUT2D eigenvalue weighted by molar-refractivity contribution is 8.77. The molecule has 3 fully saturated rings. The maximum absolute atomic E-state index is 13.0. The predicted molar refractivity (Wildman–Crippen MR) is 382 cm³/mol. The molecule has 25 nitrogen and oxygen atoms in total. The number of aliphatic hydroxyl groups is 7. The molecule has 3 aromatic carbocycles. The maximum Gasteiger partial charge on any atom is 0.251 e. The van der Waals surface area contributed by atoms with Gasteiger partial charge in [0.2, 0.25) is 23.6 Å². The molecule has 0 aliphatic carbocycles. The molecule has 0 spiro atoms. The number of aliphatic hydroxyl groups excluding tert-OH is 7. The van der Waals surface area contributed by atoms with Gasteiger partial charge in [0.15, 0.2) is 12.1 Å². The molecule has 3 saturated heterocycles. The monoisotopic (exact) mass is 1410 g/mol. The van der Waals surface area contributed by atoms with Gasteiger partial charge in [0.1, 0.15) is 30.5 Å². The first-order valence-electron chi connectivity index (χ1n) is 31.5. The number of Topliss-reactive ketones (excluding diaryl/α,β-unsaturated/α-hetero) is 1. The summed E-state index contributed by atoms with van der Waals surface area (Å²) in [5.74, 6) is -0.0351. The smallest absolute Gasteiger partial charge is 0.251 e. The number of anilines is 3. The summed E-state index contributed by atoms with van der Waals surface area (Å²) in [6.07, 6.45) is -2.06. The number of rotatable bonds is 37. The minimum Gasteiger partial charge on any atom is -0.399 e. The van der Waals surface area contributed by atoms with E-state index in [1.54, 1.807) is 77.7 Å². The summed E-state index contributed by atoms with van der Waals surface area (Å²) >= 11 is 0. The molecule has 533 valence electrons. The van der Waals surface area contributed by atoms with Crippen molar-refractivity contribution >= 4 is 110 Å². The van der Waals surface area contributed by atoms with E-state index in [4.69, 9.17) is 20.9 Å². The molecule has 0 bridgehead atoms. The first-order valence-corrected chi connectivity index (χ1v) is 36.2. The zero-order chi connectivity index (χ0) is 67.4. The summed E-state index contributed by atoms with van der Waals surface area (Å²) in [6.45, 7) is 4.97. The summed E-state index contributed by atoms with van der Waals surface area (Å²) < 4.78 is 11.0. The number of nitrogens with two attached hydrogens (primary N) is 2. The Kier molecular flexibility index (Phi) is 45.4. The number of hydrogen-bond donors (Lipinski definition) is 15. The standard InChI is InChI=1S/C32H52N4O12S2.C29H39N5O4S2.C2H6.2CH4.B/c1-18(30(23(40)16-37)48-32-29(45)28(44)27(43)24(17-38)47-32)22(39)14-35-20-8-6-19(7-9-20)31(46)34-12-11-33-26(42)15-36-25(41)5-3-2-4-21-10-13-49-50-21;30-23-11-7-21(8-12-23)26(35)5-3-17-34(18-16-32-29(38)22-9-13-24(31)14-10-22)28(37)20-33-27(36)6-2-1-4-25-15-19-39-40-25;1-2;;;/h6-9,18,21-24,27-30,32,35,37-40,43-45H,2-5,10-17H2,1H3,(H,33,42)(H,34,46)(H,36,41);7-14,25H,1-6,15-20,30-31H2,(H,32,38)(H,33,36);1-2H3;2*1H4;. The van der Waals surface area contributed by atoms with E-state index in [1.165, 1.54) is 31.3 Å². The van der Waals surface area contributed by atoms with Crippen molar-refractivity contribution in [2.24, 2.45) is 5.92 Å². The summed E-state index contributed by atoms with van der Waals surface area (Å²) in [7, 11) is 7.69. The molecule has 11 atom stereocenters. The number of carbonyl (C=O) groups excluding carboxylic acids is 7. The average Bonchev–Trinajstić information content (AvgIpc) is 1.51. The molecule has 0 saturated carbocycles. The Labute approximate surface area is 578 Å². The Balaban J connectivity index is 0.000000917. The van der Waals surface area contributed by atoms with Crippen LogP contribution in [0.5, 0.6) is 0 Å². The highest BCUT2D eigenvalue weighted by Gasteiger charge is 2.46. The van der Waals surface area contributed by atoms with E-state index in [0.717, 1.165) is 38.5 Å². The van der Waals surface area contributed by atoms with Gasteiger partial charge in [-0.15, -0.1) is 0 Å². The van der Waals surface area contributed by atoms with Gasteiger partial charge in [-0.2, -0.15) is 0 Å². The largest absolute Gasteiger partial charge is 0.399 e. The Morgan fingerprint density at radius 3 is 1.63 bits per heavy atom. The molecule has 3 aliphatic heterocycles. The van der Waals surface area contributed by atoms with Crippen LogP contribution < -0.4 is 43.4 Å². The number of nitrogen functional groups attached to an aromatic ring is 2. The zero-order valence-corrected chi connectivity index (χ0v) is 56.6. The van der Waals surface area contributed by atoms with Crippen LogP contribution in [0.25, 0.3) is 0 Å². The maximum atomic E-state index is 13.0. The predicted octanol–water partition coefficient (Wildman–Crippen LogP) is 4.13. The molecular formula is C65H105BN9O16S4. The van der Waals surface area contributed by atoms with Gasteiger partial charge in [-0.25, -0.2) is 0 Å². The van der Waals surface area contributed by atoms with Crippen molar-refractivity contribution in [2.45, 2.75) is 172 Å². The molecule has 3 radical (unpaired) electrons. The number of amides is 6. The van der Waals surface area contributed by atoms with Crippen molar-refractivity contribution in [3.63, 3.8) is 0 Å². The summed E-state index contributed by atoms with van der Waals surface area (Å²) in [6, 6.07) is 19.7. The Morgan fingerprint density at radius 2 is 1.12 bits per heavy atom.